The first-order valence-electron chi connectivity index (χ1n) is 4.18. The molecule has 0 saturated heterocycles. The van der Waals surface area contributed by atoms with Gasteiger partial charge in [-0.05, 0) is 29.8 Å². The Morgan fingerprint density at radius 1 is 1.40 bits per heavy atom. The molecule has 0 unspecified atom stereocenters. The monoisotopic (exact) mass is 224 g/mol. The summed E-state index contributed by atoms with van der Waals surface area (Å²) in [5.41, 5.74) is 1.06. The summed E-state index contributed by atoms with van der Waals surface area (Å²) in [6.45, 7) is 0. The van der Waals surface area contributed by atoms with Crippen LogP contribution in [0.5, 0.6) is 0 Å². The van der Waals surface area contributed by atoms with Gasteiger partial charge >= 0.3 is 5.97 Å². The smallest absolute Gasteiger partial charge is 0.330 e. The van der Waals surface area contributed by atoms with Gasteiger partial charge in [-0.3, -0.25) is 4.79 Å². The topological polar surface area (TPSA) is 43.4 Å². The molecule has 0 radical (unpaired) electrons. The van der Waals surface area contributed by atoms with Crippen LogP contribution in [0.25, 0.3) is 6.08 Å². The average molecular weight is 225 g/mol. The molecule has 4 heteroatoms. The summed E-state index contributed by atoms with van der Waals surface area (Å²) in [4.78, 5) is 21.5. The molecular weight excluding hydrogens is 216 g/mol. The lowest BCUT2D eigenvalue weighted by molar-refractivity contribution is -0.134. The largest absolute Gasteiger partial charge is 0.466 e. The molecule has 0 aliphatic heterocycles. The van der Waals surface area contributed by atoms with Crippen LogP contribution < -0.4 is 0 Å². The van der Waals surface area contributed by atoms with Crippen molar-refractivity contribution in [3.8, 4) is 0 Å². The lowest BCUT2D eigenvalue weighted by Gasteiger charge is -1.99. The van der Waals surface area contributed by atoms with Crippen molar-refractivity contribution in [1.29, 1.82) is 0 Å². The predicted octanol–water partition coefficient (Wildman–Crippen LogP) is 2.34. The Hall–Kier alpha value is -1.61. The van der Waals surface area contributed by atoms with E-state index in [1.165, 1.54) is 19.3 Å². The molecule has 0 amide bonds. The van der Waals surface area contributed by atoms with Crippen LogP contribution in [0.4, 0.5) is 0 Å². The van der Waals surface area contributed by atoms with Crippen molar-refractivity contribution in [2.45, 2.75) is 0 Å². The van der Waals surface area contributed by atoms with Crippen LogP contribution in [0.15, 0.2) is 24.3 Å². The third-order valence-corrected chi connectivity index (χ3v) is 2.01. The highest BCUT2D eigenvalue weighted by atomic mass is 35.5. The third kappa shape index (κ3) is 3.22. The minimum Gasteiger partial charge on any atom is -0.466 e. The van der Waals surface area contributed by atoms with Crippen molar-refractivity contribution >= 4 is 29.9 Å². The van der Waals surface area contributed by atoms with Crippen LogP contribution >= 0.6 is 11.6 Å². The maximum absolute atomic E-state index is 10.8. The molecule has 0 aliphatic rings. The van der Waals surface area contributed by atoms with Gasteiger partial charge in [-0.1, -0.05) is 11.6 Å². The molecule has 0 aromatic heterocycles. The predicted molar refractivity (Wildman–Crippen MR) is 57.9 cm³/mol. The Balaban J connectivity index is 3.01. The summed E-state index contributed by atoms with van der Waals surface area (Å²) >= 11 is 5.76. The number of esters is 1. The van der Waals surface area contributed by atoms with E-state index in [0.717, 1.165) is 0 Å². The zero-order valence-electron chi connectivity index (χ0n) is 8.07. The van der Waals surface area contributed by atoms with Gasteiger partial charge in [0.2, 0.25) is 0 Å². The maximum Gasteiger partial charge on any atom is 0.330 e. The van der Waals surface area contributed by atoms with Crippen LogP contribution in [0, 0.1) is 0 Å². The Morgan fingerprint density at radius 2 is 2.13 bits per heavy atom. The van der Waals surface area contributed by atoms with E-state index in [1.54, 1.807) is 18.2 Å². The number of benzene rings is 1. The highest BCUT2D eigenvalue weighted by molar-refractivity contribution is 6.30. The number of aldehydes is 1. The standard InChI is InChI=1S/C11H9ClO3/c1-15-11(14)5-3-8-6-10(12)4-2-9(8)7-13/h2-7H,1H3. The fraction of sp³-hybridized carbons (Fsp3) is 0.0909. The van der Waals surface area contributed by atoms with Crippen molar-refractivity contribution < 1.29 is 14.3 Å². The second kappa shape index (κ2) is 5.32. The molecule has 1 rings (SSSR count). The van der Waals surface area contributed by atoms with Crippen LogP contribution in [0.3, 0.4) is 0 Å². The van der Waals surface area contributed by atoms with Crippen LogP contribution in [-0.4, -0.2) is 19.4 Å². The van der Waals surface area contributed by atoms with Crippen molar-refractivity contribution in [3.63, 3.8) is 0 Å². The molecule has 0 heterocycles. The van der Waals surface area contributed by atoms with E-state index in [2.05, 4.69) is 4.74 Å². The number of hydrogen-bond donors (Lipinski definition) is 0. The maximum atomic E-state index is 10.8. The van der Waals surface area contributed by atoms with Gasteiger partial charge in [0, 0.05) is 16.7 Å². The zero-order valence-corrected chi connectivity index (χ0v) is 8.82. The third-order valence-electron chi connectivity index (χ3n) is 1.78. The van der Waals surface area contributed by atoms with E-state index in [9.17, 15) is 9.59 Å². The van der Waals surface area contributed by atoms with Crippen molar-refractivity contribution in [2.24, 2.45) is 0 Å². The van der Waals surface area contributed by atoms with Crippen LogP contribution in [0.1, 0.15) is 15.9 Å². The normalized spacial score (nSPS) is 10.3. The molecule has 1 aromatic carbocycles. The van der Waals surface area contributed by atoms with E-state index in [1.807, 2.05) is 0 Å². The first-order valence-corrected chi connectivity index (χ1v) is 4.56. The summed E-state index contributed by atoms with van der Waals surface area (Å²) < 4.78 is 4.43. The van der Waals surface area contributed by atoms with Gasteiger partial charge in [-0.2, -0.15) is 0 Å². The van der Waals surface area contributed by atoms with Gasteiger partial charge in [0.15, 0.2) is 6.29 Å². The van der Waals surface area contributed by atoms with Crippen molar-refractivity contribution in [3.05, 3.63) is 40.4 Å². The van der Waals surface area contributed by atoms with Gasteiger partial charge in [0.25, 0.3) is 0 Å². The Kier molecular flexibility index (Phi) is 4.06. The fourth-order valence-electron chi connectivity index (χ4n) is 1.02. The second-order valence-electron chi connectivity index (χ2n) is 2.75. The number of halogens is 1. The molecule has 1 aromatic rings. The summed E-state index contributed by atoms with van der Waals surface area (Å²) in [6, 6.07) is 4.80. The average Bonchev–Trinajstić information content (AvgIpc) is 2.26. The quantitative estimate of drug-likeness (QED) is 0.450. The van der Waals surface area contributed by atoms with Crippen molar-refractivity contribution in [2.75, 3.05) is 7.11 Å². The van der Waals surface area contributed by atoms with E-state index >= 15 is 0 Å². The second-order valence-corrected chi connectivity index (χ2v) is 3.18. The van der Waals surface area contributed by atoms with Crippen LogP contribution in [0.2, 0.25) is 5.02 Å². The van der Waals surface area contributed by atoms with Gasteiger partial charge in [0.1, 0.15) is 0 Å². The summed E-state index contributed by atoms with van der Waals surface area (Å²) in [5.74, 6) is -0.480. The minimum atomic E-state index is -0.480. The molecule has 0 spiro atoms. The molecule has 15 heavy (non-hydrogen) atoms. The number of hydrogen-bond acceptors (Lipinski definition) is 3. The van der Waals surface area contributed by atoms with E-state index in [4.69, 9.17) is 11.6 Å². The first kappa shape index (κ1) is 11.5. The summed E-state index contributed by atoms with van der Waals surface area (Å²) in [5, 5.41) is 0.505. The zero-order chi connectivity index (χ0) is 11.3. The van der Waals surface area contributed by atoms with Gasteiger partial charge < -0.3 is 4.74 Å². The first-order chi connectivity index (χ1) is 7.17. The molecule has 3 nitrogen and oxygen atoms in total. The molecule has 0 N–H and O–H groups in total. The number of methoxy groups -OCH3 is 1. The molecule has 78 valence electrons. The molecule has 0 saturated carbocycles. The molecule has 0 aliphatic carbocycles. The number of carbonyl (C=O) groups is 2. The van der Waals surface area contributed by atoms with Crippen molar-refractivity contribution in [1.82, 2.24) is 0 Å². The molecule has 0 fully saturated rings. The number of rotatable bonds is 3. The highest BCUT2D eigenvalue weighted by Gasteiger charge is 2.00. The summed E-state index contributed by atoms with van der Waals surface area (Å²) in [7, 11) is 1.28. The SMILES string of the molecule is COC(=O)C=Cc1cc(Cl)ccc1C=O. The number of carbonyl (C=O) groups excluding carboxylic acids is 2. The Morgan fingerprint density at radius 3 is 2.73 bits per heavy atom. The molecule has 0 atom stereocenters. The van der Waals surface area contributed by atoms with E-state index < -0.39 is 5.97 Å². The fourth-order valence-corrected chi connectivity index (χ4v) is 1.20. The number of ether oxygens (including phenoxy) is 1. The van der Waals surface area contributed by atoms with E-state index in [-0.39, 0.29) is 0 Å². The highest BCUT2D eigenvalue weighted by Crippen LogP contribution is 2.16. The Labute approximate surface area is 92.3 Å². The Bertz CT molecular complexity index is 410. The summed E-state index contributed by atoms with van der Waals surface area (Å²) in [6.07, 6.45) is 3.42. The molecular formula is C11H9ClO3. The van der Waals surface area contributed by atoms with Gasteiger partial charge in [0.05, 0.1) is 7.11 Å². The van der Waals surface area contributed by atoms with Gasteiger partial charge in [-0.15, -0.1) is 0 Å². The van der Waals surface area contributed by atoms with E-state index in [0.29, 0.717) is 22.4 Å². The minimum absolute atomic E-state index is 0.472. The lowest BCUT2D eigenvalue weighted by Crippen LogP contribution is -1.94. The molecule has 0 bridgehead atoms. The van der Waals surface area contributed by atoms with Gasteiger partial charge in [-0.25, -0.2) is 4.79 Å². The van der Waals surface area contributed by atoms with Crippen LogP contribution in [-0.2, 0) is 9.53 Å². The lowest BCUT2D eigenvalue weighted by atomic mass is 10.1.